The number of hydrogen-bond donors (Lipinski definition) is 6. The lowest BCUT2D eigenvalue weighted by Crippen LogP contribution is -2.59. The van der Waals surface area contributed by atoms with Gasteiger partial charge >= 0.3 is 11.9 Å². The topological polar surface area (TPSA) is 173 Å². The number of aliphatic carboxylic acids is 2. The fraction of sp³-hybridized carbons (Fsp3) is 0.925. The number of fused-ring (bicyclic) bond motifs is 10. The summed E-state index contributed by atoms with van der Waals surface area (Å²) in [6.07, 6.45) is 19.1. The smallest absolute Gasteiger partial charge is 0.303 e. The number of aliphatic hydroxyl groups is 2. The van der Waals surface area contributed by atoms with Gasteiger partial charge in [0.15, 0.2) is 0 Å². The molecule has 20 atom stereocenters. The number of carbonyl (C=O) groups is 4. The van der Waals surface area contributed by atoms with Crippen molar-refractivity contribution in [1.82, 2.24) is 10.6 Å². The number of carboxylic acid groups (broad SMARTS) is 2. The molecule has 0 heterocycles. The fourth-order valence-corrected chi connectivity index (χ4v) is 18.8. The quantitative estimate of drug-likeness (QED) is 0.100. The first kappa shape index (κ1) is 47.3. The lowest BCUT2D eigenvalue weighted by molar-refractivity contribution is -0.167. The Bertz CT molecular complexity index is 1590. The van der Waals surface area contributed by atoms with Crippen LogP contribution in [0, 0.1) is 92.7 Å². The van der Waals surface area contributed by atoms with Crippen LogP contribution in [0.2, 0.25) is 0 Å². The van der Waals surface area contributed by atoms with E-state index in [9.17, 15) is 39.6 Å². The van der Waals surface area contributed by atoms with Gasteiger partial charge < -0.3 is 31.1 Å². The molecule has 8 fully saturated rings. The summed E-state index contributed by atoms with van der Waals surface area (Å²) in [7, 11) is 0. The van der Waals surface area contributed by atoms with Crippen LogP contribution in [0.3, 0.4) is 0 Å². The summed E-state index contributed by atoms with van der Waals surface area (Å²) in [6, 6.07) is 0.214. The van der Waals surface area contributed by atoms with Crippen LogP contribution in [0.15, 0.2) is 0 Å². The van der Waals surface area contributed by atoms with Crippen LogP contribution in [0.25, 0.3) is 0 Å². The Labute approximate surface area is 379 Å². The molecule has 356 valence electrons. The minimum atomic E-state index is -0.709. The zero-order valence-electron chi connectivity index (χ0n) is 39.9. The highest BCUT2D eigenvalue weighted by atomic mass is 16.4. The van der Waals surface area contributed by atoms with Crippen molar-refractivity contribution in [2.75, 3.05) is 0 Å². The van der Waals surface area contributed by atoms with Gasteiger partial charge in [0.2, 0.25) is 11.8 Å². The second-order valence-electron chi connectivity index (χ2n) is 24.8. The largest absolute Gasteiger partial charge is 0.481 e. The van der Waals surface area contributed by atoms with E-state index in [0.717, 1.165) is 116 Å². The van der Waals surface area contributed by atoms with E-state index in [4.69, 9.17) is 0 Å². The standard InChI is InChI=1S/C53H86N2O8/c1-30(10-16-46(60)61)36-12-14-38-48-40(20-24-52(36,38)5)50(3)22-18-34(26-32(50)28-42(48)56)54-44(58)8-7-9-45(59)55-35-19-23-51(4)33(27-35)29-43(57)49-39-15-13-37(31(2)11-17-47(62)63)53(39,6)25-21-41(49)51/h30-43,48-49,56-57H,7-29H2,1-6H3,(H,54,58)(H,55,59)(H,60,61)(H,62,63)/t30-,31-,32+,33+,34?,35?,36-,37-,38+,39+,40+,41+,42+,43+,48+,49+,50+,51+,52-,53-/m1/s1. The molecule has 0 saturated heterocycles. The third kappa shape index (κ3) is 8.67. The van der Waals surface area contributed by atoms with Gasteiger partial charge in [-0.05, 0) is 215 Å². The Balaban J connectivity index is 0.775. The summed E-state index contributed by atoms with van der Waals surface area (Å²) in [4.78, 5) is 49.3. The van der Waals surface area contributed by atoms with E-state index in [0.29, 0.717) is 90.3 Å². The third-order valence-corrected chi connectivity index (χ3v) is 22.1. The lowest BCUT2D eigenvalue weighted by atomic mass is 9.43. The Hall–Kier alpha value is -2.20. The normalized spacial score (nSPS) is 47.3. The Morgan fingerprint density at radius 3 is 1.25 bits per heavy atom. The van der Waals surface area contributed by atoms with Crippen molar-refractivity contribution in [2.45, 2.75) is 214 Å². The predicted octanol–water partition coefficient (Wildman–Crippen LogP) is 9.39. The molecule has 8 aliphatic carbocycles. The first-order valence-electron chi connectivity index (χ1n) is 26.2. The molecule has 6 N–H and O–H groups in total. The number of rotatable bonds is 14. The van der Waals surface area contributed by atoms with E-state index in [2.05, 4.69) is 52.2 Å². The van der Waals surface area contributed by atoms with Gasteiger partial charge in [-0.1, -0.05) is 41.5 Å². The molecule has 0 aromatic carbocycles. The molecule has 0 aromatic heterocycles. The number of amides is 2. The molecule has 0 radical (unpaired) electrons. The molecule has 2 amide bonds. The summed E-state index contributed by atoms with van der Waals surface area (Å²) >= 11 is 0. The molecular formula is C53H86N2O8. The Morgan fingerprint density at radius 2 is 0.873 bits per heavy atom. The van der Waals surface area contributed by atoms with Crippen molar-refractivity contribution in [1.29, 1.82) is 0 Å². The van der Waals surface area contributed by atoms with Crippen molar-refractivity contribution in [3.8, 4) is 0 Å². The van der Waals surface area contributed by atoms with Crippen molar-refractivity contribution >= 4 is 23.8 Å². The molecule has 0 aliphatic heterocycles. The summed E-state index contributed by atoms with van der Waals surface area (Å²) in [5, 5.41) is 49.1. The van der Waals surface area contributed by atoms with E-state index in [-0.39, 0.29) is 70.6 Å². The van der Waals surface area contributed by atoms with Gasteiger partial charge in [0.05, 0.1) is 12.2 Å². The van der Waals surface area contributed by atoms with Gasteiger partial charge in [0, 0.05) is 37.8 Å². The van der Waals surface area contributed by atoms with Gasteiger partial charge in [-0.15, -0.1) is 0 Å². The maximum absolute atomic E-state index is 13.3. The number of carboxylic acids is 2. The van der Waals surface area contributed by atoms with Crippen LogP contribution in [-0.4, -0.2) is 68.5 Å². The molecule has 0 spiro atoms. The first-order chi connectivity index (χ1) is 29.8. The van der Waals surface area contributed by atoms with Crippen LogP contribution < -0.4 is 10.6 Å². The Morgan fingerprint density at radius 1 is 0.508 bits per heavy atom. The zero-order valence-corrected chi connectivity index (χ0v) is 39.9. The van der Waals surface area contributed by atoms with Crippen LogP contribution in [0.5, 0.6) is 0 Å². The van der Waals surface area contributed by atoms with Gasteiger partial charge in [-0.2, -0.15) is 0 Å². The average molecular weight is 879 g/mol. The van der Waals surface area contributed by atoms with Crippen LogP contribution >= 0.6 is 0 Å². The van der Waals surface area contributed by atoms with Crippen LogP contribution in [0.4, 0.5) is 0 Å². The van der Waals surface area contributed by atoms with Gasteiger partial charge in [0.25, 0.3) is 0 Å². The van der Waals surface area contributed by atoms with Crippen molar-refractivity contribution in [2.24, 2.45) is 92.7 Å². The summed E-state index contributed by atoms with van der Waals surface area (Å²) < 4.78 is 0. The zero-order chi connectivity index (χ0) is 45.2. The maximum Gasteiger partial charge on any atom is 0.303 e. The van der Waals surface area contributed by atoms with E-state index in [1.807, 2.05) is 0 Å². The van der Waals surface area contributed by atoms with E-state index in [1.165, 1.54) is 0 Å². The Kier molecular flexibility index (Phi) is 13.6. The van der Waals surface area contributed by atoms with E-state index in [1.54, 1.807) is 0 Å². The lowest BCUT2D eigenvalue weighted by Gasteiger charge is -2.62. The van der Waals surface area contributed by atoms with E-state index >= 15 is 0 Å². The molecule has 63 heavy (non-hydrogen) atoms. The molecule has 8 aliphatic rings. The van der Waals surface area contributed by atoms with Gasteiger partial charge in [-0.25, -0.2) is 0 Å². The molecule has 10 heteroatoms. The average Bonchev–Trinajstić information content (AvgIpc) is 3.77. The first-order valence-corrected chi connectivity index (χ1v) is 26.2. The molecule has 8 saturated carbocycles. The highest BCUT2D eigenvalue weighted by Crippen LogP contribution is 2.70. The van der Waals surface area contributed by atoms with Gasteiger partial charge in [0.1, 0.15) is 0 Å². The molecule has 2 unspecified atom stereocenters. The number of nitrogens with one attached hydrogen (secondary N) is 2. The minimum absolute atomic E-state index is 0.0270. The molecule has 0 bridgehead atoms. The molecular weight excluding hydrogens is 793 g/mol. The van der Waals surface area contributed by atoms with Crippen molar-refractivity contribution in [3.63, 3.8) is 0 Å². The molecule has 8 rings (SSSR count). The summed E-state index contributed by atoms with van der Waals surface area (Å²) in [6.45, 7) is 14.4. The number of hydrogen-bond acceptors (Lipinski definition) is 6. The highest BCUT2D eigenvalue weighted by Gasteiger charge is 2.65. The van der Waals surface area contributed by atoms with Crippen LogP contribution in [0.1, 0.15) is 189 Å². The molecule has 10 nitrogen and oxygen atoms in total. The van der Waals surface area contributed by atoms with E-state index < -0.39 is 11.9 Å². The van der Waals surface area contributed by atoms with Crippen molar-refractivity contribution in [3.05, 3.63) is 0 Å². The number of aliphatic hydroxyl groups excluding tert-OH is 2. The summed E-state index contributed by atoms with van der Waals surface area (Å²) in [5.74, 6) is 3.77. The van der Waals surface area contributed by atoms with Crippen molar-refractivity contribution < 1.29 is 39.6 Å². The third-order valence-electron chi connectivity index (χ3n) is 22.1. The maximum atomic E-state index is 13.3. The van der Waals surface area contributed by atoms with Gasteiger partial charge in [-0.3, -0.25) is 19.2 Å². The highest BCUT2D eigenvalue weighted by molar-refractivity contribution is 5.79. The second-order valence-corrected chi connectivity index (χ2v) is 24.8. The number of carbonyl (C=O) groups excluding carboxylic acids is 2. The predicted molar refractivity (Wildman–Crippen MR) is 243 cm³/mol. The summed E-state index contributed by atoms with van der Waals surface area (Å²) in [5.41, 5.74) is 0.650. The fourth-order valence-electron chi connectivity index (χ4n) is 18.8. The van der Waals surface area contributed by atoms with Crippen LogP contribution in [-0.2, 0) is 19.2 Å². The SMILES string of the molecule is C[C@H](CCC(=O)O)[C@H]1CC[C@H]2[C@@H]3[C@@H](O)C[C@@H]4CC(NC(=O)CCCC(=O)NC5CC[C@@]6(C)[C@@H](C5)C[C@H](O)[C@@H]5[C@@H]6CC[C@]6(C)[C@@H]([C@H](C)CCC(=O)O)CC[C@@H]56)CC[C@]4(C)[C@H]3CC[C@]12C. The minimum Gasteiger partial charge on any atom is -0.481 e. The molecule has 0 aromatic rings. The second kappa shape index (κ2) is 18.1. The monoisotopic (exact) mass is 879 g/mol.